The molecule has 0 aliphatic carbocycles. The monoisotopic (exact) mass is 442 g/mol. The van der Waals surface area contributed by atoms with Crippen molar-refractivity contribution in [2.24, 2.45) is 0 Å². The quantitative estimate of drug-likeness (QED) is 0.544. The number of aliphatic hydroxyl groups excluding tert-OH is 1. The van der Waals surface area contributed by atoms with Crippen molar-refractivity contribution in [3.05, 3.63) is 70.6 Å². The Morgan fingerprint density at radius 3 is 2.66 bits per heavy atom. The molecule has 0 aromatic heterocycles. The van der Waals surface area contributed by atoms with Gasteiger partial charge in [-0.2, -0.15) is 0 Å². The van der Waals surface area contributed by atoms with Gasteiger partial charge in [0.1, 0.15) is 5.75 Å². The maximum absolute atomic E-state index is 12.9. The minimum absolute atomic E-state index is 0.0185. The van der Waals surface area contributed by atoms with Crippen molar-refractivity contribution in [3.8, 4) is 5.75 Å². The standard InChI is InChI=1S/C21H18N2O3S3/c1-26-15-7-8-17-16(13-15)22(11-12-24)19(28-17)10-9-18-20(25)23(21(27)29-18)14-5-3-2-4-6-14/h2-10,13,24H,11-12H2,1H3/b18-9+,19-10-. The average molecular weight is 443 g/mol. The fourth-order valence-electron chi connectivity index (χ4n) is 3.09. The van der Waals surface area contributed by atoms with E-state index in [1.165, 1.54) is 11.8 Å². The van der Waals surface area contributed by atoms with Crippen molar-refractivity contribution < 1.29 is 14.6 Å². The summed E-state index contributed by atoms with van der Waals surface area (Å²) in [7, 11) is 1.63. The summed E-state index contributed by atoms with van der Waals surface area (Å²) >= 11 is 8.31. The molecular formula is C21H18N2O3S3. The molecule has 148 valence electrons. The Morgan fingerprint density at radius 2 is 1.93 bits per heavy atom. The lowest BCUT2D eigenvalue weighted by Gasteiger charge is -2.19. The number of thioether (sulfide) groups is 2. The minimum Gasteiger partial charge on any atom is -0.497 e. The van der Waals surface area contributed by atoms with Crippen LogP contribution in [0, 0.1) is 0 Å². The molecule has 1 N–H and O–H groups in total. The third-order valence-electron chi connectivity index (χ3n) is 4.45. The van der Waals surface area contributed by atoms with E-state index in [2.05, 4.69) is 0 Å². The second-order valence-electron chi connectivity index (χ2n) is 6.19. The number of rotatable bonds is 5. The highest BCUT2D eigenvalue weighted by Gasteiger charge is 2.33. The lowest BCUT2D eigenvalue weighted by atomic mass is 10.2. The number of ether oxygens (including phenoxy) is 1. The number of anilines is 2. The zero-order valence-electron chi connectivity index (χ0n) is 15.6. The third-order valence-corrected chi connectivity index (χ3v) is 6.90. The molecule has 0 radical (unpaired) electrons. The van der Waals surface area contributed by atoms with E-state index in [4.69, 9.17) is 17.0 Å². The van der Waals surface area contributed by atoms with Gasteiger partial charge >= 0.3 is 0 Å². The van der Waals surface area contributed by atoms with E-state index in [1.807, 2.05) is 59.5 Å². The largest absolute Gasteiger partial charge is 0.497 e. The average Bonchev–Trinajstić information content (AvgIpc) is 3.23. The fourth-order valence-corrected chi connectivity index (χ4v) is 5.40. The molecule has 2 heterocycles. The lowest BCUT2D eigenvalue weighted by molar-refractivity contribution is -0.113. The molecule has 2 aromatic carbocycles. The number of aliphatic hydroxyl groups is 1. The van der Waals surface area contributed by atoms with Crippen LogP contribution < -0.4 is 14.5 Å². The number of hydrogen-bond acceptors (Lipinski definition) is 7. The number of carbonyl (C=O) groups excluding carboxylic acids is 1. The Balaban J connectivity index is 1.62. The summed E-state index contributed by atoms with van der Waals surface area (Å²) in [5.74, 6) is 0.635. The van der Waals surface area contributed by atoms with E-state index in [9.17, 15) is 9.90 Å². The molecule has 4 rings (SSSR count). The van der Waals surface area contributed by atoms with Gasteiger partial charge in [-0.3, -0.25) is 9.69 Å². The molecule has 29 heavy (non-hydrogen) atoms. The normalized spacial score (nSPS) is 18.8. The SMILES string of the molecule is COc1ccc2c(c1)N(CCO)/C(=C/C=C1/SC(=S)N(c3ccccc3)C1=O)S2. The highest BCUT2D eigenvalue weighted by atomic mass is 32.2. The number of methoxy groups -OCH3 is 1. The maximum Gasteiger partial charge on any atom is 0.270 e. The maximum atomic E-state index is 12.9. The Hall–Kier alpha value is -2.26. The minimum atomic E-state index is -0.126. The van der Waals surface area contributed by atoms with Gasteiger partial charge in [-0.15, -0.1) is 0 Å². The second kappa shape index (κ2) is 8.62. The number of nitrogens with zero attached hydrogens (tertiary/aromatic N) is 2. The van der Waals surface area contributed by atoms with E-state index < -0.39 is 0 Å². The van der Waals surface area contributed by atoms with Gasteiger partial charge in [-0.25, -0.2) is 0 Å². The number of amides is 1. The van der Waals surface area contributed by atoms with Crippen LogP contribution in [-0.2, 0) is 4.79 Å². The van der Waals surface area contributed by atoms with Gasteiger partial charge in [0.15, 0.2) is 4.32 Å². The Labute approximate surface area is 183 Å². The summed E-state index contributed by atoms with van der Waals surface area (Å²) in [6, 6.07) is 15.3. The van der Waals surface area contributed by atoms with Crippen LogP contribution in [0.1, 0.15) is 0 Å². The lowest BCUT2D eigenvalue weighted by Crippen LogP contribution is -2.27. The number of allylic oxidation sites excluding steroid dienone is 2. The molecule has 0 bridgehead atoms. The second-order valence-corrected chi connectivity index (χ2v) is 8.93. The Bertz CT molecular complexity index is 1020. The van der Waals surface area contributed by atoms with E-state index in [-0.39, 0.29) is 12.5 Å². The molecule has 2 aliphatic rings. The van der Waals surface area contributed by atoms with E-state index >= 15 is 0 Å². The number of para-hydroxylation sites is 1. The van der Waals surface area contributed by atoms with Crippen molar-refractivity contribution in [1.29, 1.82) is 0 Å². The van der Waals surface area contributed by atoms with Crippen LogP contribution in [0.3, 0.4) is 0 Å². The Morgan fingerprint density at radius 1 is 1.14 bits per heavy atom. The number of β-amino-alcohol motifs (C(OH)–C–C–N with tert-alkyl or cyclic N) is 1. The summed E-state index contributed by atoms with van der Waals surface area (Å²) in [4.78, 5) is 18.1. The van der Waals surface area contributed by atoms with Gasteiger partial charge in [0.2, 0.25) is 0 Å². The molecule has 2 aromatic rings. The van der Waals surface area contributed by atoms with Crippen LogP contribution >= 0.6 is 35.7 Å². The number of thiocarbonyl (C=S) groups is 1. The van der Waals surface area contributed by atoms with Crippen molar-refractivity contribution in [2.75, 3.05) is 30.1 Å². The van der Waals surface area contributed by atoms with Gasteiger partial charge in [0.25, 0.3) is 5.91 Å². The van der Waals surface area contributed by atoms with Crippen molar-refractivity contribution in [2.45, 2.75) is 4.90 Å². The van der Waals surface area contributed by atoms with E-state index in [0.717, 1.165) is 27.0 Å². The molecule has 0 atom stereocenters. The number of fused-ring (bicyclic) bond motifs is 1. The van der Waals surface area contributed by atoms with Crippen LogP contribution in [0.4, 0.5) is 11.4 Å². The molecule has 1 amide bonds. The third kappa shape index (κ3) is 3.93. The van der Waals surface area contributed by atoms with Gasteiger partial charge in [0.05, 0.1) is 35.0 Å². The highest BCUT2D eigenvalue weighted by Crippen LogP contribution is 2.47. The van der Waals surface area contributed by atoms with Crippen molar-refractivity contribution in [3.63, 3.8) is 0 Å². The van der Waals surface area contributed by atoms with Crippen LogP contribution in [0.2, 0.25) is 0 Å². The highest BCUT2D eigenvalue weighted by molar-refractivity contribution is 8.27. The molecule has 2 aliphatic heterocycles. The molecule has 0 saturated carbocycles. The Kier molecular flexibility index (Phi) is 5.96. The van der Waals surface area contributed by atoms with Crippen molar-refractivity contribution in [1.82, 2.24) is 0 Å². The first kappa shape index (κ1) is 20.0. The predicted octanol–water partition coefficient (Wildman–Crippen LogP) is 4.39. The first-order valence-corrected chi connectivity index (χ1v) is 10.9. The van der Waals surface area contributed by atoms with Crippen molar-refractivity contribution >= 4 is 57.3 Å². The summed E-state index contributed by atoms with van der Waals surface area (Å²) in [5.41, 5.74) is 1.75. The molecular weight excluding hydrogens is 424 g/mol. The van der Waals surface area contributed by atoms with Gasteiger partial charge in [-0.1, -0.05) is 53.9 Å². The molecule has 1 fully saturated rings. The first-order valence-electron chi connectivity index (χ1n) is 8.90. The van der Waals surface area contributed by atoms with E-state index in [0.29, 0.717) is 15.8 Å². The fraction of sp³-hybridized carbons (Fsp3) is 0.143. The van der Waals surface area contributed by atoms with Crippen LogP contribution in [-0.4, -0.2) is 35.6 Å². The number of carbonyl (C=O) groups is 1. The number of hydrogen-bond donors (Lipinski definition) is 1. The molecule has 5 nitrogen and oxygen atoms in total. The first-order chi connectivity index (χ1) is 14.1. The zero-order chi connectivity index (χ0) is 20.4. The smallest absolute Gasteiger partial charge is 0.270 e. The molecule has 1 saturated heterocycles. The summed E-state index contributed by atoms with van der Waals surface area (Å²) in [6.45, 7) is 0.475. The van der Waals surface area contributed by atoms with Gasteiger partial charge in [-0.05, 0) is 36.4 Å². The van der Waals surface area contributed by atoms with Crippen LogP contribution in [0.15, 0.2) is 75.5 Å². The zero-order valence-corrected chi connectivity index (χ0v) is 18.0. The number of benzene rings is 2. The molecule has 0 spiro atoms. The molecule has 0 unspecified atom stereocenters. The summed E-state index contributed by atoms with van der Waals surface area (Å²) in [6.07, 6.45) is 3.71. The summed E-state index contributed by atoms with van der Waals surface area (Å²) < 4.78 is 5.84. The predicted molar refractivity (Wildman–Crippen MR) is 124 cm³/mol. The van der Waals surface area contributed by atoms with E-state index in [1.54, 1.807) is 29.8 Å². The molecule has 8 heteroatoms. The van der Waals surface area contributed by atoms with Gasteiger partial charge in [0, 0.05) is 17.5 Å². The topological polar surface area (TPSA) is 53.0 Å². The van der Waals surface area contributed by atoms with Crippen LogP contribution in [0.25, 0.3) is 0 Å². The summed E-state index contributed by atoms with van der Waals surface area (Å²) in [5, 5.41) is 10.4. The van der Waals surface area contributed by atoms with Crippen LogP contribution in [0.5, 0.6) is 5.75 Å². The van der Waals surface area contributed by atoms with Gasteiger partial charge < -0.3 is 14.7 Å².